The van der Waals surface area contributed by atoms with Gasteiger partial charge in [-0.2, -0.15) is 17.4 Å². The summed E-state index contributed by atoms with van der Waals surface area (Å²) in [7, 11) is -3.45. The van der Waals surface area contributed by atoms with Crippen molar-refractivity contribution >= 4 is 16.2 Å². The van der Waals surface area contributed by atoms with Crippen LogP contribution in [0.1, 0.15) is 32.6 Å². The van der Waals surface area contributed by atoms with Crippen LogP contribution in [-0.2, 0) is 19.7 Å². The summed E-state index contributed by atoms with van der Waals surface area (Å²) in [6.07, 6.45) is 2.91. The van der Waals surface area contributed by atoms with Crippen molar-refractivity contribution < 1.29 is 17.9 Å². The number of hydrogen-bond donors (Lipinski definition) is 2. The Morgan fingerprint density at radius 3 is 2.62 bits per heavy atom. The summed E-state index contributed by atoms with van der Waals surface area (Å²) in [5.74, 6) is -0.383. The Hall–Kier alpha value is -0.700. The van der Waals surface area contributed by atoms with Gasteiger partial charge in [0.2, 0.25) is 0 Å². The van der Waals surface area contributed by atoms with Crippen LogP contribution < -0.4 is 10.0 Å². The Kier molecular flexibility index (Phi) is 5.98. The summed E-state index contributed by atoms with van der Waals surface area (Å²) >= 11 is 0. The van der Waals surface area contributed by atoms with Crippen molar-refractivity contribution in [1.82, 2.24) is 14.3 Å². The lowest BCUT2D eigenvalue weighted by Crippen LogP contribution is -2.52. The topological polar surface area (TPSA) is 87.7 Å². The van der Waals surface area contributed by atoms with E-state index in [2.05, 4.69) is 10.0 Å². The molecule has 0 radical (unpaired) electrons. The number of ether oxygens (including phenoxy) is 1. The van der Waals surface area contributed by atoms with Crippen molar-refractivity contribution in [2.24, 2.45) is 5.92 Å². The maximum Gasteiger partial charge on any atom is 0.309 e. The molecule has 0 aromatic rings. The Balaban J connectivity index is 1.84. The van der Waals surface area contributed by atoms with Crippen molar-refractivity contribution in [3.05, 3.63) is 0 Å². The molecule has 0 aromatic heterocycles. The zero-order valence-corrected chi connectivity index (χ0v) is 13.3. The van der Waals surface area contributed by atoms with E-state index < -0.39 is 10.2 Å². The summed E-state index contributed by atoms with van der Waals surface area (Å²) < 4.78 is 33.8. The second-order valence-electron chi connectivity index (χ2n) is 5.59. The highest BCUT2D eigenvalue weighted by Gasteiger charge is 2.33. The van der Waals surface area contributed by atoms with Crippen molar-refractivity contribution in [3.63, 3.8) is 0 Å². The fourth-order valence-electron chi connectivity index (χ4n) is 2.83. The first kappa shape index (κ1) is 16.7. The fraction of sp³-hybridized carbons (Fsp3) is 0.923. The van der Waals surface area contributed by atoms with E-state index in [-0.39, 0.29) is 17.9 Å². The third kappa shape index (κ3) is 4.64. The van der Waals surface area contributed by atoms with E-state index in [4.69, 9.17) is 4.74 Å². The predicted octanol–water partition coefficient (Wildman–Crippen LogP) is -0.152. The molecule has 2 N–H and O–H groups in total. The molecule has 122 valence electrons. The minimum absolute atomic E-state index is 0.0356. The van der Waals surface area contributed by atoms with Gasteiger partial charge in [-0.1, -0.05) is 0 Å². The van der Waals surface area contributed by atoms with E-state index in [9.17, 15) is 13.2 Å². The second-order valence-corrected chi connectivity index (χ2v) is 7.29. The third-order valence-corrected chi connectivity index (χ3v) is 5.70. The Bertz CT molecular complexity index is 440. The van der Waals surface area contributed by atoms with Gasteiger partial charge in [-0.15, -0.1) is 0 Å². The maximum absolute atomic E-state index is 12.3. The van der Waals surface area contributed by atoms with Crippen LogP contribution >= 0.6 is 0 Å². The van der Waals surface area contributed by atoms with Crippen LogP contribution in [0.5, 0.6) is 0 Å². The summed E-state index contributed by atoms with van der Waals surface area (Å²) in [6, 6.07) is -0.0356. The molecule has 0 aliphatic carbocycles. The number of nitrogens with zero attached hydrogens (tertiary/aromatic N) is 1. The lowest BCUT2D eigenvalue weighted by atomic mass is 9.98. The van der Waals surface area contributed by atoms with Crippen molar-refractivity contribution in [1.29, 1.82) is 0 Å². The molecule has 2 heterocycles. The van der Waals surface area contributed by atoms with Gasteiger partial charge >= 0.3 is 5.97 Å². The monoisotopic (exact) mass is 319 g/mol. The van der Waals surface area contributed by atoms with Gasteiger partial charge in [-0.25, -0.2) is 0 Å². The predicted molar refractivity (Wildman–Crippen MR) is 78.9 cm³/mol. The number of nitrogens with one attached hydrogen (secondary N) is 2. The second kappa shape index (κ2) is 7.53. The van der Waals surface area contributed by atoms with E-state index in [1.807, 2.05) is 0 Å². The number of rotatable bonds is 5. The highest BCUT2D eigenvalue weighted by atomic mass is 32.2. The molecule has 8 heteroatoms. The standard InChI is InChI=1S/C13H25N3O4S/c1-2-20-13(17)11-5-8-16(9-6-11)21(18,19)15-12-4-3-7-14-10-12/h11-12,14-15H,2-10H2,1H3/t12-/m0/s1. The van der Waals surface area contributed by atoms with Crippen LogP contribution in [0.4, 0.5) is 0 Å². The molecular formula is C13H25N3O4S. The number of esters is 1. The van der Waals surface area contributed by atoms with Crippen LogP contribution in [0.25, 0.3) is 0 Å². The molecular weight excluding hydrogens is 294 g/mol. The van der Waals surface area contributed by atoms with Crippen LogP contribution in [0.3, 0.4) is 0 Å². The molecule has 2 saturated heterocycles. The van der Waals surface area contributed by atoms with Crippen LogP contribution in [0, 0.1) is 5.92 Å². The Morgan fingerprint density at radius 2 is 2.05 bits per heavy atom. The molecule has 2 fully saturated rings. The molecule has 2 aliphatic heterocycles. The molecule has 21 heavy (non-hydrogen) atoms. The SMILES string of the molecule is CCOC(=O)C1CCN(S(=O)(=O)N[C@H]2CCCNC2)CC1. The van der Waals surface area contributed by atoms with E-state index >= 15 is 0 Å². The number of carbonyl (C=O) groups excluding carboxylic acids is 1. The zero-order chi connectivity index (χ0) is 15.3. The molecule has 2 aliphatic rings. The normalized spacial score (nSPS) is 25.7. The first-order valence-corrected chi connectivity index (χ1v) is 9.11. The lowest BCUT2D eigenvalue weighted by Gasteiger charge is -2.32. The van der Waals surface area contributed by atoms with Crippen LogP contribution in [0.2, 0.25) is 0 Å². The highest BCUT2D eigenvalue weighted by molar-refractivity contribution is 7.87. The minimum Gasteiger partial charge on any atom is -0.466 e. The lowest BCUT2D eigenvalue weighted by molar-refractivity contribution is -0.149. The molecule has 0 aromatic carbocycles. The van der Waals surface area contributed by atoms with Gasteiger partial charge in [0.15, 0.2) is 0 Å². The Labute approximate surface area is 126 Å². The molecule has 7 nitrogen and oxygen atoms in total. The van der Waals surface area contributed by atoms with Crippen molar-refractivity contribution in [2.75, 3.05) is 32.8 Å². The third-order valence-electron chi connectivity index (χ3n) is 4.03. The van der Waals surface area contributed by atoms with Crippen molar-refractivity contribution in [3.8, 4) is 0 Å². The molecule has 0 unspecified atom stereocenters. The van der Waals surface area contributed by atoms with Gasteiger partial charge in [0.1, 0.15) is 0 Å². The zero-order valence-electron chi connectivity index (χ0n) is 12.5. The summed E-state index contributed by atoms with van der Waals surface area (Å²) in [6.45, 7) is 4.52. The smallest absolute Gasteiger partial charge is 0.309 e. The highest BCUT2D eigenvalue weighted by Crippen LogP contribution is 2.20. The Morgan fingerprint density at radius 1 is 1.33 bits per heavy atom. The van der Waals surface area contributed by atoms with Gasteiger partial charge in [0.25, 0.3) is 10.2 Å². The van der Waals surface area contributed by atoms with E-state index in [0.29, 0.717) is 39.1 Å². The number of carbonyl (C=O) groups is 1. The molecule has 1 atom stereocenters. The van der Waals surface area contributed by atoms with Crippen LogP contribution in [0.15, 0.2) is 0 Å². The fourth-order valence-corrected chi connectivity index (χ4v) is 4.29. The van der Waals surface area contributed by atoms with E-state index in [0.717, 1.165) is 19.4 Å². The van der Waals surface area contributed by atoms with Gasteiger partial charge in [-0.3, -0.25) is 4.79 Å². The van der Waals surface area contributed by atoms with Gasteiger partial charge in [-0.05, 0) is 39.2 Å². The average Bonchev–Trinajstić information content (AvgIpc) is 2.48. The summed E-state index contributed by atoms with van der Waals surface area (Å²) in [4.78, 5) is 11.7. The number of hydrogen-bond acceptors (Lipinski definition) is 5. The van der Waals surface area contributed by atoms with Crippen LogP contribution in [-0.4, -0.2) is 57.5 Å². The van der Waals surface area contributed by atoms with Gasteiger partial charge in [0, 0.05) is 25.7 Å². The van der Waals surface area contributed by atoms with Gasteiger partial charge < -0.3 is 10.1 Å². The van der Waals surface area contributed by atoms with Crippen molar-refractivity contribution in [2.45, 2.75) is 38.6 Å². The first-order valence-electron chi connectivity index (χ1n) is 7.67. The summed E-state index contributed by atoms with van der Waals surface area (Å²) in [5, 5.41) is 3.19. The first-order chi connectivity index (χ1) is 10.0. The molecule has 0 bridgehead atoms. The van der Waals surface area contributed by atoms with Gasteiger partial charge in [0.05, 0.1) is 12.5 Å². The minimum atomic E-state index is -3.45. The molecule has 2 rings (SSSR count). The quantitative estimate of drug-likeness (QED) is 0.688. The largest absolute Gasteiger partial charge is 0.466 e. The summed E-state index contributed by atoms with van der Waals surface area (Å²) in [5.41, 5.74) is 0. The molecule has 0 spiro atoms. The molecule has 0 amide bonds. The van der Waals surface area contributed by atoms with E-state index in [1.165, 1.54) is 4.31 Å². The average molecular weight is 319 g/mol. The number of piperidine rings is 2. The van der Waals surface area contributed by atoms with E-state index in [1.54, 1.807) is 6.92 Å². The molecule has 0 saturated carbocycles. The maximum atomic E-state index is 12.3.